The van der Waals surface area contributed by atoms with E-state index < -0.39 is 21.7 Å². The lowest BCUT2D eigenvalue weighted by atomic mass is 10.3. The Balaban J connectivity index is 2.35. The minimum atomic E-state index is -4.03. The molecule has 0 fully saturated rings. The standard InChI is InChI=1S/C12H12ClF2N3O2S/c1-7(2)18-5-12(16-6-18)21(19,20)17-11-4-10(15)9(14)3-8(11)13/h3-7,17H,1-2H3. The molecule has 0 saturated carbocycles. The van der Waals surface area contributed by atoms with Gasteiger partial charge in [-0.3, -0.25) is 4.72 Å². The number of halogens is 3. The summed E-state index contributed by atoms with van der Waals surface area (Å²) in [4.78, 5) is 3.78. The Morgan fingerprint density at radius 2 is 1.90 bits per heavy atom. The van der Waals surface area contributed by atoms with Crippen LogP contribution in [0, 0.1) is 11.6 Å². The summed E-state index contributed by atoms with van der Waals surface area (Å²) >= 11 is 5.69. The van der Waals surface area contributed by atoms with Crippen LogP contribution in [0.4, 0.5) is 14.5 Å². The first-order valence-electron chi connectivity index (χ1n) is 5.91. The molecule has 0 saturated heterocycles. The summed E-state index contributed by atoms with van der Waals surface area (Å²) in [6, 6.07) is 1.41. The molecule has 5 nitrogen and oxygen atoms in total. The van der Waals surface area contributed by atoms with Crippen molar-refractivity contribution in [1.82, 2.24) is 9.55 Å². The zero-order valence-electron chi connectivity index (χ0n) is 11.1. The second-order valence-electron chi connectivity index (χ2n) is 4.60. The van der Waals surface area contributed by atoms with Gasteiger partial charge in [0.05, 0.1) is 17.0 Å². The Hall–Kier alpha value is -1.67. The molecule has 0 amide bonds. The van der Waals surface area contributed by atoms with Gasteiger partial charge in [0.25, 0.3) is 10.0 Å². The Kier molecular flexibility index (Phi) is 4.20. The highest BCUT2D eigenvalue weighted by atomic mass is 35.5. The average Bonchev–Trinajstić information content (AvgIpc) is 2.86. The summed E-state index contributed by atoms with van der Waals surface area (Å²) in [6.07, 6.45) is 2.70. The summed E-state index contributed by atoms with van der Waals surface area (Å²) < 4.78 is 54.0. The summed E-state index contributed by atoms with van der Waals surface area (Å²) in [5, 5.41) is -0.488. The van der Waals surface area contributed by atoms with E-state index in [9.17, 15) is 17.2 Å². The molecule has 0 unspecified atom stereocenters. The monoisotopic (exact) mass is 335 g/mol. The number of anilines is 1. The van der Waals surface area contributed by atoms with Gasteiger partial charge in [0, 0.05) is 18.3 Å². The molecule has 9 heteroatoms. The molecule has 1 heterocycles. The highest BCUT2D eigenvalue weighted by Gasteiger charge is 2.20. The predicted molar refractivity (Wildman–Crippen MR) is 74.8 cm³/mol. The molecule has 2 aromatic rings. The minimum absolute atomic E-state index is 0.0355. The van der Waals surface area contributed by atoms with Gasteiger partial charge in [-0.1, -0.05) is 11.6 Å². The number of nitrogens with zero attached hydrogens (tertiary/aromatic N) is 2. The van der Waals surface area contributed by atoms with Gasteiger partial charge in [0.2, 0.25) is 0 Å². The van der Waals surface area contributed by atoms with Crippen molar-refractivity contribution in [3.63, 3.8) is 0 Å². The van der Waals surface area contributed by atoms with Crippen LogP contribution < -0.4 is 4.72 Å². The van der Waals surface area contributed by atoms with Crippen LogP contribution in [0.1, 0.15) is 19.9 Å². The van der Waals surface area contributed by atoms with Crippen molar-refractivity contribution in [3.05, 3.63) is 41.3 Å². The summed E-state index contributed by atoms with van der Waals surface area (Å²) in [6.45, 7) is 3.72. The Morgan fingerprint density at radius 1 is 1.29 bits per heavy atom. The minimum Gasteiger partial charge on any atom is -0.334 e. The van der Waals surface area contributed by atoms with Crippen molar-refractivity contribution in [1.29, 1.82) is 0 Å². The highest BCUT2D eigenvalue weighted by Crippen LogP contribution is 2.27. The molecule has 1 aromatic carbocycles. The molecule has 114 valence electrons. The molecule has 2 rings (SSSR count). The van der Waals surface area contributed by atoms with Gasteiger partial charge in [-0.25, -0.2) is 13.8 Å². The first-order chi connectivity index (χ1) is 9.70. The number of sulfonamides is 1. The topological polar surface area (TPSA) is 64.0 Å². The third-order valence-electron chi connectivity index (χ3n) is 2.70. The third-order valence-corrected chi connectivity index (χ3v) is 4.27. The van der Waals surface area contributed by atoms with Gasteiger partial charge >= 0.3 is 0 Å². The number of rotatable bonds is 4. The van der Waals surface area contributed by atoms with Crippen molar-refractivity contribution in [2.24, 2.45) is 0 Å². The molecule has 0 atom stereocenters. The Bertz CT molecular complexity index is 775. The average molecular weight is 336 g/mol. The number of hydrogen-bond donors (Lipinski definition) is 1. The van der Waals surface area contributed by atoms with Gasteiger partial charge in [-0.2, -0.15) is 8.42 Å². The van der Waals surface area contributed by atoms with Crippen LogP contribution in [-0.2, 0) is 10.0 Å². The van der Waals surface area contributed by atoms with Crippen molar-refractivity contribution in [2.45, 2.75) is 24.9 Å². The van der Waals surface area contributed by atoms with E-state index in [1.165, 1.54) is 12.5 Å². The maximum atomic E-state index is 13.2. The van der Waals surface area contributed by atoms with Gasteiger partial charge in [0.1, 0.15) is 0 Å². The zero-order valence-corrected chi connectivity index (χ0v) is 12.7. The third kappa shape index (κ3) is 3.33. The van der Waals surface area contributed by atoms with E-state index in [-0.39, 0.29) is 21.8 Å². The van der Waals surface area contributed by atoms with Crippen LogP contribution in [-0.4, -0.2) is 18.0 Å². The maximum Gasteiger partial charge on any atom is 0.280 e. The van der Waals surface area contributed by atoms with Crippen LogP contribution in [0.5, 0.6) is 0 Å². The van der Waals surface area contributed by atoms with E-state index in [1.807, 2.05) is 13.8 Å². The fraction of sp³-hybridized carbons (Fsp3) is 0.250. The number of benzene rings is 1. The molecule has 0 aliphatic rings. The van der Waals surface area contributed by atoms with E-state index in [4.69, 9.17) is 11.6 Å². The van der Waals surface area contributed by atoms with Crippen LogP contribution in [0.25, 0.3) is 0 Å². The first kappa shape index (κ1) is 15.7. The second-order valence-corrected chi connectivity index (χ2v) is 6.64. The van der Waals surface area contributed by atoms with Gasteiger partial charge < -0.3 is 4.57 Å². The fourth-order valence-corrected chi connectivity index (χ4v) is 2.80. The molecular formula is C12H12ClF2N3O2S. The lowest BCUT2D eigenvalue weighted by Gasteiger charge is -2.08. The highest BCUT2D eigenvalue weighted by molar-refractivity contribution is 7.92. The van der Waals surface area contributed by atoms with Crippen LogP contribution in [0.15, 0.2) is 29.7 Å². The smallest absolute Gasteiger partial charge is 0.280 e. The van der Waals surface area contributed by atoms with Gasteiger partial charge in [-0.15, -0.1) is 0 Å². The zero-order chi connectivity index (χ0) is 15.8. The lowest BCUT2D eigenvalue weighted by Crippen LogP contribution is -2.14. The number of imidazole rings is 1. The number of hydrogen-bond acceptors (Lipinski definition) is 3. The first-order valence-corrected chi connectivity index (χ1v) is 7.77. The maximum absolute atomic E-state index is 13.2. The second kappa shape index (κ2) is 5.61. The molecule has 1 N–H and O–H groups in total. The lowest BCUT2D eigenvalue weighted by molar-refractivity contribution is 0.509. The van der Waals surface area contributed by atoms with E-state index in [2.05, 4.69) is 9.71 Å². The summed E-state index contributed by atoms with van der Waals surface area (Å²) in [5.74, 6) is -2.36. The van der Waals surface area contributed by atoms with Gasteiger partial charge in [0.15, 0.2) is 16.7 Å². The van der Waals surface area contributed by atoms with Crippen molar-refractivity contribution in [2.75, 3.05) is 4.72 Å². The fourth-order valence-electron chi connectivity index (χ4n) is 1.54. The molecule has 0 aliphatic heterocycles. The van der Waals surface area contributed by atoms with Crippen molar-refractivity contribution in [3.8, 4) is 0 Å². The van der Waals surface area contributed by atoms with E-state index in [1.54, 1.807) is 4.57 Å². The number of aromatic nitrogens is 2. The van der Waals surface area contributed by atoms with E-state index in [0.29, 0.717) is 12.1 Å². The van der Waals surface area contributed by atoms with Crippen molar-refractivity contribution >= 4 is 27.3 Å². The Labute approximate surface area is 125 Å². The van der Waals surface area contributed by atoms with Gasteiger partial charge in [-0.05, 0) is 19.9 Å². The normalized spacial score (nSPS) is 11.9. The molecule has 0 aliphatic carbocycles. The quantitative estimate of drug-likeness (QED) is 0.873. The van der Waals surface area contributed by atoms with Crippen molar-refractivity contribution < 1.29 is 17.2 Å². The summed E-state index contributed by atoms with van der Waals surface area (Å²) in [5.41, 5.74) is -0.255. The molecule has 0 bridgehead atoms. The molecular weight excluding hydrogens is 324 g/mol. The summed E-state index contributed by atoms with van der Waals surface area (Å²) in [7, 11) is -4.03. The van der Waals surface area contributed by atoms with Crippen LogP contribution in [0.3, 0.4) is 0 Å². The van der Waals surface area contributed by atoms with Crippen LogP contribution >= 0.6 is 11.6 Å². The molecule has 0 spiro atoms. The number of nitrogens with one attached hydrogen (secondary N) is 1. The van der Waals surface area contributed by atoms with Crippen LogP contribution in [0.2, 0.25) is 5.02 Å². The SMILES string of the molecule is CC(C)n1cnc(S(=O)(=O)Nc2cc(F)c(F)cc2Cl)c1. The largest absolute Gasteiger partial charge is 0.334 e. The molecule has 21 heavy (non-hydrogen) atoms. The van der Waals surface area contributed by atoms with E-state index in [0.717, 1.165) is 0 Å². The molecule has 1 aromatic heterocycles. The Morgan fingerprint density at radius 3 is 2.48 bits per heavy atom. The van der Waals surface area contributed by atoms with E-state index >= 15 is 0 Å². The predicted octanol–water partition coefficient (Wildman–Crippen LogP) is 3.20. The molecule has 0 radical (unpaired) electrons.